The summed E-state index contributed by atoms with van der Waals surface area (Å²) in [7, 11) is 3.30. The van der Waals surface area contributed by atoms with Crippen LogP contribution < -0.4 is 9.47 Å². The number of hydrogen-bond donors (Lipinski definition) is 0. The van der Waals surface area contributed by atoms with Gasteiger partial charge in [-0.3, -0.25) is 4.79 Å². The Bertz CT molecular complexity index is 490. The molecule has 1 aliphatic rings. The van der Waals surface area contributed by atoms with E-state index in [9.17, 15) is 4.79 Å². The lowest BCUT2D eigenvalue weighted by atomic mass is 10.1. The summed E-state index contributed by atoms with van der Waals surface area (Å²) in [5.74, 6) is 2.72. The summed E-state index contributed by atoms with van der Waals surface area (Å²) in [4.78, 5) is 14.3. The molecule has 0 aromatic heterocycles. The maximum Gasteiger partial charge on any atom is 0.226 e. The quantitative estimate of drug-likeness (QED) is 0.856. The van der Waals surface area contributed by atoms with Gasteiger partial charge in [-0.25, -0.2) is 0 Å². The van der Waals surface area contributed by atoms with Crippen molar-refractivity contribution >= 4 is 17.7 Å². The number of ether oxygens (including phenoxy) is 2. The summed E-state index contributed by atoms with van der Waals surface area (Å²) >= 11 is 1.77. The van der Waals surface area contributed by atoms with Crippen LogP contribution in [0.4, 0.5) is 0 Å². The van der Waals surface area contributed by atoms with Crippen LogP contribution in [0, 0.1) is 5.92 Å². The summed E-state index contributed by atoms with van der Waals surface area (Å²) in [6.07, 6.45) is 0. The zero-order valence-corrected chi connectivity index (χ0v) is 13.2. The first kappa shape index (κ1) is 15.0. The van der Waals surface area contributed by atoms with Crippen LogP contribution >= 0.6 is 11.8 Å². The number of carbonyl (C=O) groups excluding carboxylic acids is 1. The van der Waals surface area contributed by atoms with Crippen molar-refractivity contribution in [2.45, 2.75) is 19.2 Å². The highest BCUT2D eigenvalue weighted by molar-refractivity contribution is 7.99. The fourth-order valence-corrected chi connectivity index (χ4v) is 3.60. The van der Waals surface area contributed by atoms with Crippen LogP contribution in [0.3, 0.4) is 0 Å². The molecule has 20 heavy (non-hydrogen) atoms. The van der Waals surface area contributed by atoms with Crippen LogP contribution in [-0.2, 0) is 4.79 Å². The molecule has 0 spiro atoms. The molecule has 110 valence electrons. The third kappa shape index (κ3) is 2.87. The largest absolute Gasteiger partial charge is 0.497 e. The van der Waals surface area contributed by atoms with E-state index in [0.29, 0.717) is 0 Å². The van der Waals surface area contributed by atoms with E-state index in [4.69, 9.17) is 9.47 Å². The van der Waals surface area contributed by atoms with Crippen LogP contribution in [0.5, 0.6) is 11.5 Å². The van der Waals surface area contributed by atoms with E-state index in [1.165, 1.54) is 0 Å². The molecule has 1 saturated heterocycles. The van der Waals surface area contributed by atoms with Gasteiger partial charge >= 0.3 is 0 Å². The van der Waals surface area contributed by atoms with Gasteiger partial charge in [-0.05, 0) is 18.2 Å². The van der Waals surface area contributed by atoms with Crippen molar-refractivity contribution in [3.63, 3.8) is 0 Å². The molecule has 0 N–H and O–H groups in total. The van der Waals surface area contributed by atoms with Gasteiger partial charge in [0.1, 0.15) is 16.9 Å². The van der Waals surface area contributed by atoms with Gasteiger partial charge in [0, 0.05) is 23.8 Å². The molecule has 1 amide bonds. The monoisotopic (exact) mass is 295 g/mol. The molecule has 1 aromatic rings. The maximum atomic E-state index is 12.3. The molecule has 1 fully saturated rings. The van der Waals surface area contributed by atoms with Gasteiger partial charge in [0.15, 0.2) is 0 Å². The van der Waals surface area contributed by atoms with Crippen LogP contribution in [0.25, 0.3) is 0 Å². The highest BCUT2D eigenvalue weighted by atomic mass is 32.2. The standard InChI is InChI=1S/C15H21NO3S/c1-10(2)14(17)16-7-8-20-15(16)12-9-11(18-3)5-6-13(12)19-4/h5-6,9-10,15H,7-8H2,1-4H3. The van der Waals surface area contributed by atoms with Gasteiger partial charge in [0.2, 0.25) is 5.91 Å². The molecule has 0 saturated carbocycles. The van der Waals surface area contributed by atoms with Crippen LogP contribution in [0.2, 0.25) is 0 Å². The molecule has 1 atom stereocenters. The van der Waals surface area contributed by atoms with E-state index < -0.39 is 0 Å². The second-order valence-corrected chi connectivity index (χ2v) is 6.21. The normalized spacial score (nSPS) is 18.4. The summed E-state index contributed by atoms with van der Waals surface area (Å²) in [5.41, 5.74) is 1.00. The van der Waals surface area contributed by atoms with E-state index in [1.807, 2.05) is 36.9 Å². The van der Waals surface area contributed by atoms with Crippen molar-refractivity contribution in [2.24, 2.45) is 5.92 Å². The fraction of sp³-hybridized carbons (Fsp3) is 0.533. The summed E-state index contributed by atoms with van der Waals surface area (Å²) in [6, 6.07) is 5.73. The molecule has 2 rings (SSSR count). The SMILES string of the molecule is COc1ccc(OC)c(C2SCCN2C(=O)C(C)C)c1. The van der Waals surface area contributed by atoms with E-state index in [1.54, 1.807) is 26.0 Å². The predicted octanol–water partition coefficient (Wildman–Crippen LogP) is 2.93. The summed E-state index contributed by atoms with van der Waals surface area (Å²) < 4.78 is 10.7. The average molecular weight is 295 g/mol. The van der Waals surface area contributed by atoms with Gasteiger partial charge in [0.05, 0.1) is 14.2 Å². The van der Waals surface area contributed by atoms with Crippen molar-refractivity contribution in [3.8, 4) is 11.5 Å². The Labute approximate surface area is 124 Å². The fourth-order valence-electron chi connectivity index (χ4n) is 2.32. The summed E-state index contributed by atoms with van der Waals surface area (Å²) in [6.45, 7) is 4.66. The number of benzene rings is 1. The van der Waals surface area contributed by atoms with Gasteiger partial charge in [-0.1, -0.05) is 13.8 Å². The number of nitrogens with zero attached hydrogens (tertiary/aromatic N) is 1. The molecule has 0 bridgehead atoms. The number of hydrogen-bond acceptors (Lipinski definition) is 4. The van der Waals surface area contributed by atoms with Crippen molar-refractivity contribution in [1.29, 1.82) is 0 Å². The minimum absolute atomic E-state index is 0.00722. The van der Waals surface area contributed by atoms with E-state index in [-0.39, 0.29) is 17.2 Å². The lowest BCUT2D eigenvalue weighted by Gasteiger charge is -2.27. The third-order valence-corrected chi connectivity index (χ3v) is 4.61. The molecular formula is C15H21NO3S. The van der Waals surface area contributed by atoms with Gasteiger partial charge in [-0.2, -0.15) is 0 Å². The first-order chi connectivity index (χ1) is 9.58. The lowest BCUT2D eigenvalue weighted by Crippen LogP contribution is -2.33. The van der Waals surface area contributed by atoms with Gasteiger partial charge in [-0.15, -0.1) is 11.8 Å². The molecule has 0 aliphatic carbocycles. The van der Waals surface area contributed by atoms with Crippen molar-refractivity contribution in [3.05, 3.63) is 23.8 Å². The number of carbonyl (C=O) groups is 1. The van der Waals surface area contributed by atoms with Gasteiger partial charge in [0.25, 0.3) is 0 Å². The number of amides is 1. The molecule has 5 heteroatoms. The van der Waals surface area contributed by atoms with Crippen LogP contribution in [0.1, 0.15) is 24.8 Å². The molecule has 1 aromatic carbocycles. The zero-order chi connectivity index (χ0) is 14.7. The van der Waals surface area contributed by atoms with Gasteiger partial charge < -0.3 is 14.4 Å². The predicted molar refractivity (Wildman–Crippen MR) is 81.3 cm³/mol. The third-order valence-electron chi connectivity index (χ3n) is 3.37. The average Bonchev–Trinajstić information content (AvgIpc) is 2.94. The molecule has 4 nitrogen and oxygen atoms in total. The minimum Gasteiger partial charge on any atom is -0.497 e. The Kier molecular flexibility index (Phi) is 4.81. The highest BCUT2D eigenvalue weighted by Crippen LogP contribution is 2.43. The van der Waals surface area contributed by atoms with Crippen molar-refractivity contribution < 1.29 is 14.3 Å². The van der Waals surface area contributed by atoms with E-state index >= 15 is 0 Å². The first-order valence-corrected chi connectivity index (χ1v) is 7.77. The molecule has 1 unspecified atom stereocenters. The second-order valence-electron chi connectivity index (χ2n) is 5.02. The lowest BCUT2D eigenvalue weighted by molar-refractivity contribution is -0.134. The zero-order valence-electron chi connectivity index (χ0n) is 12.4. The molecular weight excluding hydrogens is 274 g/mol. The number of thioether (sulfide) groups is 1. The maximum absolute atomic E-state index is 12.3. The Balaban J connectivity index is 2.36. The topological polar surface area (TPSA) is 38.8 Å². The molecule has 1 heterocycles. The van der Waals surface area contributed by atoms with E-state index in [2.05, 4.69) is 0 Å². The molecule has 0 radical (unpaired) electrons. The number of rotatable bonds is 4. The Morgan fingerprint density at radius 2 is 2.10 bits per heavy atom. The highest BCUT2D eigenvalue weighted by Gasteiger charge is 2.33. The Morgan fingerprint density at radius 3 is 2.70 bits per heavy atom. The summed E-state index contributed by atoms with van der Waals surface area (Å²) in [5, 5.41) is 0.00921. The Morgan fingerprint density at radius 1 is 1.35 bits per heavy atom. The number of methoxy groups -OCH3 is 2. The van der Waals surface area contributed by atoms with Crippen LogP contribution in [-0.4, -0.2) is 37.3 Å². The van der Waals surface area contributed by atoms with E-state index in [0.717, 1.165) is 29.4 Å². The van der Waals surface area contributed by atoms with Crippen molar-refractivity contribution in [1.82, 2.24) is 4.90 Å². The van der Waals surface area contributed by atoms with Crippen molar-refractivity contribution in [2.75, 3.05) is 26.5 Å². The smallest absolute Gasteiger partial charge is 0.226 e. The second kappa shape index (κ2) is 6.39. The molecule has 1 aliphatic heterocycles. The first-order valence-electron chi connectivity index (χ1n) is 6.72. The Hall–Kier alpha value is -1.36. The minimum atomic E-state index is 0.00722. The van der Waals surface area contributed by atoms with Crippen LogP contribution in [0.15, 0.2) is 18.2 Å².